The highest BCUT2D eigenvalue weighted by Gasteiger charge is 2.28. The first-order valence-electron chi connectivity index (χ1n) is 7.86. The van der Waals surface area contributed by atoms with Gasteiger partial charge in [0.05, 0.1) is 0 Å². The number of aryl methyl sites for hydroxylation is 1. The minimum atomic E-state index is 0.354. The normalized spacial score (nSPS) is 23.5. The Hall–Kier alpha value is -0.900. The number of benzene rings is 1. The zero-order valence-corrected chi connectivity index (χ0v) is 13.2. The van der Waals surface area contributed by atoms with Gasteiger partial charge in [-0.2, -0.15) is 0 Å². The van der Waals surface area contributed by atoms with Crippen LogP contribution in [0.1, 0.15) is 36.9 Å². The fourth-order valence-corrected chi connectivity index (χ4v) is 3.29. The van der Waals surface area contributed by atoms with Crippen molar-refractivity contribution in [3.05, 3.63) is 35.4 Å². The van der Waals surface area contributed by atoms with Gasteiger partial charge in [0, 0.05) is 31.7 Å². The molecule has 1 fully saturated rings. The molecular formula is C17H29N3. The first kappa shape index (κ1) is 15.5. The number of hydrogen-bond acceptors (Lipinski definition) is 3. The lowest BCUT2D eigenvalue weighted by Crippen LogP contribution is -2.44. The molecule has 1 aromatic rings. The maximum Gasteiger partial charge on any atom is 0.0473 e. The number of rotatable bonds is 4. The van der Waals surface area contributed by atoms with Gasteiger partial charge in [-0.1, -0.05) is 36.8 Å². The lowest BCUT2D eigenvalue weighted by atomic mass is 10.0. The van der Waals surface area contributed by atoms with Gasteiger partial charge in [0.1, 0.15) is 0 Å². The summed E-state index contributed by atoms with van der Waals surface area (Å²) in [6.45, 7) is 8.62. The molecule has 0 aromatic heterocycles. The molecule has 0 radical (unpaired) electrons. The number of likely N-dealkylation sites (N-methyl/N-ethyl adjacent to an activating group) is 1. The summed E-state index contributed by atoms with van der Waals surface area (Å²) in [5, 5.41) is 0. The first-order chi connectivity index (χ1) is 9.65. The lowest BCUT2D eigenvalue weighted by molar-refractivity contribution is 0.131. The standard InChI is InChI=1S/C17H29N3/c1-4-16-13-19(3)10-5-11-20(16)17(12-18)15-8-6-14(2)7-9-15/h6-9,16-17H,4-5,10-13,18H2,1-3H3. The van der Waals surface area contributed by atoms with Crippen molar-refractivity contribution in [3.63, 3.8) is 0 Å². The predicted molar refractivity (Wildman–Crippen MR) is 85.9 cm³/mol. The van der Waals surface area contributed by atoms with Crippen LogP contribution in [0.4, 0.5) is 0 Å². The van der Waals surface area contributed by atoms with Crippen molar-refractivity contribution in [1.82, 2.24) is 9.80 Å². The molecule has 1 saturated heterocycles. The zero-order valence-electron chi connectivity index (χ0n) is 13.2. The molecule has 20 heavy (non-hydrogen) atoms. The molecule has 1 aromatic carbocycles. The minimum Gasteiger partial charge on any atom is -0.329 e. The second kappa shape index (κ2) is 7.21. The van der Waals surface area contributed by atoms with E-state index in [0.29, 0.717) is 18.6 Å². The third kappa shape index (κ3) is 3.60. The summed E-state index contributed by atoms with van der Waals surface area (Å²) in [6.07, 6.45) is 2.42. The van der Waals surface area contributed by atoms with Crippen LogP contribution in [-0.4, -0.2) is 49.1 Å². The van der Waals surface area contributed by atoms with Gasteiger partial charge >= 0.3 is 0 Å². The molecule has 3 nitrogen and oxygen atoms in total. The molecule has 2 atom stereocenters. The third-order valence-corrected chi connectivity index (χ3v) is 4.50. The van der Waals surface area contributed by atoms with Crippen LogP contribution in [0.25, 0.3) is 0 Å². The summed E-state index contributed by atoms with van der Waals surface area (Å²) in [5.74, 6) is 0. The van der Waals surface area contributed by atoms with Crippen molar-refractivity contribution < 1.29 is 0 Å². The second-order valence-corrected chi connectivity index (χ2v) is 6.08. The van der Waals surface area contributed by atoms with E-state index in [4.69, 9.17) is 5.73 Å². The van der Waals surface area contributed by atoms with Crippen LogP contribution in [0.2, 0.25) is 0 Å². The zero-order chi connectivity index (χ0) is 14.5. The molecule has 2 unspecified atom stereocenters. The fourth-order valence-electron chi connectivity index (χ4n) is 3.29. The number of hydrogen-bond donors (Lipinski definition) is 1. The van der Waals surface area contributed by atoms with Gasteiger partial charge in [-0.25, -0.2) is 0 Å². The van der Waals surface area contributed by atoms with E-state index in [0.717, 1.165) is 13.1 Å². The molecule has 112 valence electrons. The van der Waals surface area contributed by atoms with Gasteiger partial charge in [-0.3, -0.25) is 4.90 Å². The van der Waals surface area contributed by atoms with Gasteiger partial charge in [-0.05, 0) is 38.9 Å². The molecule has 0 saturated carbocycles. The fraction of sp³-hybridized carbons (Fsp3) is 0.647. The SMILES string of the molecule is CCC1CN(C)CCCN1C(CN)c1ccc(C)cc1. The van der Waals surface area contributed by atoms with Gasteiger partial charge in [-0.15, -0.1) is 0 Å². The molecule has 0 amide bonds. The molecule has 1 aliphatic rings. The van der Waals surface area contributed by atoms with Crippen molar-refractivity contribution in [1.29, 1.82) is 0 Å². The molecular weight excluding hydrogens is 246 g/mol. The Kier molecular flexibility index (Phi) is 5.58. The summed E-state index contributed by atoms with van der Waals surface area (Å²) in [5.41, 5.74) is 8.80. The summed E-state index contributed by atoms with van der Waals surface area (Å²) >= 11 is 0. The van der Waals surface area contributed by atoms with E-state index in [1.54, 1.807) is 0 Å². The van der Waals surface area contributed by atoms with Crippen LogP contribution in [0.3, 0.4) is 0 Å². The van der Waals surface area contributed by atoms with E-state index in [2.05, 4.69) is 55.0 Å². The Labute approximate surface area is 123 Å². The van der Waals surface area contributed by atoms with E-state index in [9.17, 15) is 0 Å². The van der Waals surface area contributed by atoms with Crippen LogP contribution >= 0.6 is 0 Å². The van der Waals surface area contributed by atoms with E-state index in [1.165, 1.54) is 30.5 Å². The van der Waals surface area contributed by atoms with Crippen molar-refractivity contribution in [3.8, 4) is 0 Å². The van der Waals surface area contributed by atoms with Gasteiger partial charge < -0.3 is 10.6 Å². The quantitative estimate of drug-likeness (QED) is 0.916. The van der Waals surface area contributed by atoms with E-state index in [1.807, 2.05) is 0 Å². The van der Waals surface area contributed by atoms with Crippen molar-refractivity contribution >= 4 is 0 Å². The minimum absolute atomic E-state index is 0.354. The second-order valence-electron chi connectivity index (χ2n) is 6.08. The Morgan fingerprint density at radius 1 is 1.25 bits per heavy atom. The van der Waals surface area contributed by atoms with Crippen molar-refractivity contribution in [2.45, 2.75) is 38.8 Å². The number of nitrogens with two attached hydrogens (primary N) is 1. The Morgan fingerprint density at radius 2 is 1.95 bits per heavy atom. The van der Waals surface area contributed by atoms with E-state index < -0.39 is 0 Å². The monoisotopic (exact) mass is 275 g/mol. The van der Waals surface area contributed by atoms with Crippen molar-refractivity contribution in [2.75, 3.05) is 33.2 Å². The Bertz CT molecular complexity index is 401. The molecule has 0 aliphatic carbocycles. The van der Waals surface area contributed by atoms with Crippen LogP contribution < -0.4 is 5.73 Å². The predicted octanol–water partition coefficient (Wildman–Crippen LogP) is 2.41. The average molecular weight is 275 g/mol. The van der Waals surface area contributed by atoms with Crippen LogP contribution in [0.15, 0.2) is 24.3 Å². The van der Waals surface area contributed by atoms with Gasteiger partial charge in [0.2, 0.25) is 0 Å². The lowest BCUT2D eigenvalue weighted by Gasteiger charge is -2.37. The molecule has 3 heteroatoms. The molecule has 2 N–H and O–H groups in total. The largest absolute Gasteiger partial charge is 0.329 e. The number of nitrogens with zero attached hydrogens (tertiary/aromatic N) is 2. The molecule has 2 rings (SSSR count). The average Bonchev–Trinajstić information content (AvgIpc) is 2.63. The molecule has 0 spiro atoms. The first-order valence-corrected chi connectivity index (χ1v) is 7.86. The summed E-state index contributed by atoms with van der Waals surface area (Å²) in [4.78, 5) is 5.09. The molecule has 1 aliphatic heterocycles. The summed E-state index contributed by atoms with van der Waals surface area (Å²) in [6, 6.07) is 9.85. The van der Waals surface area contributed by atoms with Crippen molar-refractivity contribution in [2.24, 2.45) is 5.73 Å². The third-order valence-electron chi connectivity index (χ3n) is 4.50. The molecule has 0 bridgehead atoms. The molecule has 1 heterocycles. The Balaban J connectivity index is 2.21. The Morgan fingerprint density at radius 3 is 2.55 bits per heavy atom. The maximum atomic E-state index is 6.12. The smallest absolute Gasteiger partial charge is 0.0473 e. The van der Waals surface area contributed by atoms with Crippen LogP contribution in [-0.2, 0) is 0 Å². The maximum absolute atomic E-state index is 6.12. The van der Waals surface area contributed by atoms with Crippen LogP contribution in [0.5, 0.6) is 0 Å². The summed E-state index contributed by atoms with van der Waals surface area (Å²) in [7, 11) is 2.23. The highest BCUT2D eigenvalue weighted by Crippen LogP contribution is 2.26. The highest BCUT2D eigenvalue weighted by atomic mass is 15.3. The summed E-state index contributed by atoms with van der Waals surface area (Å²) < 4.78 is 0. The topological polar surface area (TPSA) is 32.5 Å². The highest BCUT2D eigenvalue weighted by molar-refractivity contribution is 5.24. The van der Waals surface area contributed by atoms with E-state index >= 15 is 0 Å². The van der Waals surface area contributed by atoms with Crippen LogP contribution in [0, 0.1) is 6.92 Å². The van der Waals surface area contributed by atoms with Gasteiger partial charge in [0.25, 0.3) is 0 Å². The van der Waals surface area contributed by atoms with Gasteiger partial charge in [0.15, 0.2) is 0 Å². The van der Waals surface area contributed by atoms with E-state index in [-0.39, 0.29) is 0 Å².